The van der Waals surface area contributed by atoms with E-state index in [2.05, 4.69) is 38.2 Å². The van der Waals surface area contributed by atoms with Crippen molar-refractivity contribution in [1.82, 2.24) is 0 Å². The fraction of sp³-hybridized carbons (Fsp3) is 0.667. The molecule has 0 unspecified atom stereocenters. The molecule has 0 bridgehead atoms. The van der Waals surface area contributed by atoms with Crippen molar-refractivity contribution in [3.8, 4) is 0 Å². The molecule has 66 valence electrons. The van der Waals surface area contributed by atoms with Gasteiger partial charge in [0.15, 0.2) is 0 Å². The van der Waals surface area contributed by atoms with E-state index in [1.807, 2.05) is 0 Å². The van der Waals surface area contributed by atoms with E-state index in [1.165, 1.54) is 19.3 Å². The van der Waals surface area contributed by atoms with E-state index in [0.717, 1.165) is 11.8 Å². The summed E-state index contributed by atoms with van der Waals surface area (Å²) in [6.45, 7) is 4.73. The predicted molar refractivity (Wildman–Crippen MR) is 52.9 cm³/mol. The Balaban J connectivity index is 2.32. The molecule has 2 rings (SSSR count). The Morgan fingerprint density at radius 2 is 2.17 bits per heavy atom. The Morgan fingerprint density at radius 3 is 2.83 bits per heavy atom. The summed E-state index contributed by atoms with van der Waals surface area (Å²) >= 11 is 0. The zero-order valence-corrected chi connectivity index (χ0v) is 8.09. The van der Waals surface area contributed by atoms with Gasteiger partial charge in [-0.05, 0) is 30.1 Å². The van der Waals surface area contributed by atoms with Crippen molar-refractivity contribution in [1.29, 1.82) is 0 Å². The quantitative estimate of drug-likeness (QED) is 0.553. The monoisotopic (exact) mass is 162 g/mol. The van der Waals surface area contributed by atoms with Gasteiger partial charge in [0, 0.05) is 0 Å². The van der Waals surface area contributed by atoms with Crippen molar-refractivity contribution in [3.05, 3.63) is 24.3 Å². The van der Waals surface area contributed by atoms with Crippen LogP contribution >= 0.6 is 0 Å². The molecule has 2 aliphatic carbocycles. The number of hydrogen-bond acceptors (Lipinski definition) is 0. The third-order valence-corrected chi connectivity index (χ3v) is 3.75. The van der Waals surface area contributed by atoms with Crippen LogP contribution in [-0.4, -0.2) is 0 Å². The molecule has 0 aromatic carbocycles. The maximum atomic E-state index is 2.45. The lowest BCUT2D eigenvalue weighted by atomic mass is 9.68. The smallest absolute Gasteiger partial charge is 0.00293 e. The molecule has 0 nitrogen and oxygen atoms in total. The fourth-order valence-corrected chi connectivity index (χ4v) is 2.91. The molecule has 0 saturated heterocycles. The van der Waals surface area contributed by atoms with Crippen LogP contribution in [0, 0.1) is 17.3 Å². The zero-order valence-electron chi connectivity index (χ0n) is 8.09. The highest BCUT2D eigenvalue weighted by molar-refractivity contribution is 5.22. The van der Waals surface area contributed by atoms with Gasteiger partial charge in [0.25, 0.3) is 0 Å². The molecule has 0 radical (unpaired) electrons. The molecule has 0 aliphatic heterocycles. The van der Waals surface area contributed by atoms with Crippen molar-refractivity contribution in [2.24, 2.45) is 17.3 Å². The Bertz CT molecular complexity index is 222. The van der Waals surface area contributed by atoms with Crippen LogP contribution in [0.1, 0.15) is 33.1 Å². The zero-order chi connectivity index (χ0) is 8.60. The van der Waals surface area contributed by atoms with E-state index >= 15 is 0 Å². The number of fused-ring (bicyclic) bond motifs is 1. The van der Waals surface area contributed by atoms with Gasteiger partial charge in [-0.2, -0.15) is 0 Å². The van der Waals surface area contributed by atoms with E-state index in [9.17, 15) is 0 Å². The molecule has 1 saturated carbocycles. The average molecular weight is 162 g/mol. The highest BCUT2D eigenvalue weighted by atomic mass is 14.5. The maximum Gasteiger partial charge on any atom is -0.00293 e. The van der Waals surface area contributed by atoms with Gasteiger partial charge in [0.1, 0.15) is 0 Å². The molecule has 0 heterocycles. The van der Waals surface area contributed by atoms with Crippen molar-refractivity contribution in [3.63, 3.8) is 0 Å². The Morgan fingerprint density at radius 1 is 1.33 bits per heavy atom. The lowest BCUT2D eigenvalue weighted by molar-refractivity contribution is 0.221. The average Bonchev–Trinajstić information content (AvgIpc) is 2.48. The van der Waals surface area contributed by atoms with Crippen molar-refractivity contribution < 1.29 is 0 Å². The van der Waals surface area contributed by atoms with Crippen molar-refractivity contribution in [2.45, 2.75) is 33.1 Å². The summed E-state index contributed by atoms with van der Waals surface area (Å²) in [4.78, 5) is 0. The summed E-state index contributed by atoms with van der Waals surface area (Å²) in [6, 6.07) is 0. The van der Waals surface area contributed by atoms with Crippen LogP contribution < -0.4 is 0 Å². The van der Waals surface area contributed by atoms with Crippen LogP contribution in [-0.2, 0) is 0 Å². The molecular formula is C12H18. The maximum absolute atomic E-state index is 2.45. The van der Waals surface area contributed by atoms with Crippen molar-refractivity contribution >= 4 is 0 Å². The summed E-state index contributed by atoms with van der Waals surface area (Å²) in [5, 5.41) is 0. The molecule has 0 N–H and O–H groups in total. The van der Waals surface area contributed by atoms with Gasteiger partial charge >= 0.3 is 0 Å². The molecule has 0 heteroatoms. The van der Waals surface area contributed by atoms with E-state index in [4.69, 9.17) is 0 Å². The summed E-state index contributed by atoms with van der Waals surface area (Å²) in [6.07, 6.45) is 13.5. The topological polar surface area (TPSA) is 0 Å². The van der Waals surface area contributed by atoms with Crippen LogP contribution in [0.2, 0.25) is 0 Å². The first-order valence-electron chi connectivity index (χ1n) is 5.12. The fourth-order valence-electron chi connectivity index (χ4n) is 2.91. The van der Waals surface area contributed by atoms with E-state index < -0.39 is 0 Å². The molecule has 2 atom stereocenters. The minimum absolute atomic E-state index is 0.523. The van der Waals surface area contributed by atoms with Crippen molar-refractivity contribution in [2.75, 3.05) is 0 Å². The Kier molecular flexibility index (Phi) is 1.86. The summed E-state index contributed by atoms with van der Waals surface area (Å²) in [5.41, 5.74) is 0.523. The van der Waals surface area contributed by atoms with Crippen LogP contribution in [0.3, 0.4) is 0 Å². The Labute approximate surface area is 75.4 Å². The second-order valence-corrected chi connectivity index (χ2v) is 4.51. The van der Waals surface area contributed by atoms with Crippen LogP contribution in [0.25, 0.3) is 0 Å². The molecular weight excluding hydrogens is 144 g/mol. The summed E-state index contributed by atoms with van der Waals surface area (Å²) < 4.78 is 0. The third-order valence-electron chi connectivity index (χ3n) is 3.75. The molecule has 0 aromatic rings. The minimum atomic E-state index is 0.523. The molecule has 0 amide bonds. The van der Waals surface area contributed by atoms with Gasteiger partial charge in [-0.25, -0.2) is 0 Å². The molecule has 0 spiro atoms. The molecule has 0 aromatic heterocycles. The SMILES string of the molecule is CC(C)[C@@]12C=CC=C[C@@H]1CCC2. The van der Waals surface area contributed by atoms with Gasteiger partial charge in [-0.1, -0.05) is 44.6 Å². The Hall–Kier alpha value is -0.520. The highest BCUT2D eigenvalue weighted by Crippen LogP contribution is 2.51. The van der Waals surface area contributed by atoms with Gasteiger partial charge in [0.05, 0.1) is 0 Å². The normalized spacial score (nSPS) is 39.1. The van der Waals surface area contributed by atoms with E-state index in [1.54, 1.807) is 0 Å². The van der Waals surface area contributed by atoms with Crippen LogP contribution in [0.15, 0.2) is 24.3 Å². The first-order chi connectivity index (χ1) is 5.76. The first kappa shape index (κ1) is 8.10. The van der Waals surface area contributed by atoms with Crippen LogP contribution in [0.4, 0.5) is 0 Å². The third kappa shape index (κ3) is 0.972. The number of rotatable bonds is 1. The summed E-state index contributed by atoms with van der Waals surface area (Å²) in [7, 11) is 0. The lowest BCUT2D eigenvalue weighted by Gasteiger charge is -2.37. The molecule has 1 fully saturated rings. The highest BCUT2D eigenvalue weighted by Gasteiger charge is 2.42. The van der Waals surface area contributed by atoms with Gasteiger partial charge < -0.3 is 0 Å². The largest absolute Gasteiger partial charge is 0.0806 e. The van der Waals surface area contributed by atoms with Gasteiger partial charge in [-0.3, -0.25) is 0 Å². The minimum Gasteiger partial charge on any atom is -0.0806 e. The van der Waals surface area contributed by atoms with E-state index in [-0.39, 0.29) is 0 Å². The van der Waals surface area contributed by atoms with E-state index in [0.29, 0.717) is 5.41 Å². The van der Waals surface area contributed by atoms with Gasteiger partial charge in [-0.15, -0.1) is 0 Å². The predicted octanol–water partition coefficient (Wildman–Crippen LogP) is 3.55. The van der Waals surface area contributed by atoms with Crippen LogP contribution in [0.5, 0.6) is 0 Å². The standard InChI is InChI=1S/C12H18/c1-10(2)12-8-4-3-6-11(12)7-5-9-12/h3-4,6,8,10-11H,5,7,9H2,1-2H3/t11-,12+/m1/s1. The summed E-state index contributed by atoms with van der Waals surface area (Å²) in [5.74, 6) is 1.63. The van der Waals surface area contributed by atoms with Gasteiger partial charge in [0.2, 0.25) is 0 Å². The second kappa shape index (κ2) is 2.76. The first-order valence-corrected chi connectivity index (χ1v) is 5.12. The molecule has 2 aliphatic rings. The molecule has 12 heavy (non-hydrogen) atoms. The second-order valence-electron chi connectivity index (χ2n) is 4.51. The number of allylic oxidation sites excluding steroid dienone is 4. The number of hydrogen-bond donors (Lipinski definition) is 0. The lowest BCUT2D eigenvalue weighted by Crippen LogP contribution is -2.29.